The van der Waals surface area contributed by atoms with E-state index in [1.807, 2.05) is 24.3 Å². The van der Waals surface area contributed by atoms with Crippen molar-refractivity contribution in [2.24, 2.45) is 0 Å². The Morgan fingerprint density at radius 2 is 0.287 bits per heavy atom. The highest BCUT2D eigenvalue weighted by molar-refractivity contribution is 5.46. The third kappa shape index (κ3) is 30.5. The zero-order chi connectivity index (χ0) is 104. The number of rotatable bonds is 26. The highest BCUT2D eigenvalue weighted by Crippen LogP contribution is 2.45. The lowest BCUT2D eigenvalue weighted by molar-refractivity contribution is 0.192. The molecule has 0 unspecified atom stereocenters. The van der Waals surface area contributed by atoms with Crippen LogP contribution in [0.4, 0.5) is 0 Å². The van der Waals surface area contributed by atoms with E-state index in [9.17, 15) is 30.6 Å². The monoisotopic (exact) mass is 2020 g/mol. The van der Waals surface area contributed by atoms with Crippen LogP contribution in [-0.4, -0.2) is 143 Å². The Bertz CT molecular complexity index is 5200. The molecule has 4 saturated carbocycles. The molecule has 4 aliphatic carbocycles. The molecule has 10 aliphatic rings. The maximum Gasteiger partial charge on any atom is 0.0679 e. The van der Waals surface area contributed by atoms with Gasteiger partial charge in [0, 0.05) is 111 Å². The van der Waals surface area contributed by atoms with Gasteiger partial charge in [0.15, 0.2) is 0 Å². The van der Waals surface area contributed by atoms with E-state index in [0.717, 1.165) is 62.2 Å². The minimum absolute atomic E-state index is 0.222. The molecule has 12 aromatic carbocycles. The molecule has 150 heavy (non-hydrogen) atoms. The first-order chi connectivity index (χ1) is 73.1. The first kappa shape index (κ1) is 111. The lowest BCUT2D eigenvalue weighted by Crippen LogP contribution is -2.29. The average molecular weight is 2020 g/mol. The number of hydrogen-bond acceptors (Lipinski definition) is 12. The summed E-state index contributed by atoms with van der Waals surface area (Å²) in [5.41, 5.74) is 27.7. The molecule has 12 atom stereocenters. The molecule has 0 amide bonds. The highest BCUT2D eigenvalue weighted by Gasteiger charge is 2.39. The lowest BCUT2D eigenvalue weighted by Gasteiger charge is -2.27. The predicted molar refractivity (Wildman–Crippen MR) is 623 cm³/mol. The van der Waals surface area contributed by atoms with Gasteiger partial charge in [-0.05, 0) is 249 Å². The Morgan fingerprint density at radius 1 is 0.160 bits per heavy atom. The van der Waals surface area contributed by atoms with Crippen molar-refractivity contribution < 1.29 is 30.6 Å². The Kier molecular flexibility index (Phi) is 41.4. The van der Waals surface area contributed by atoms with E-state index >= 15 is 0 Å². The summed E-state index contributed by atoms with van der Waals surface area (Å²) in [6.45, 7) is 22.0. The fourth-order valence-corrected chi connectivity index (χ4v) is 26.6. The van der Waals surface area contributed by atoms with Crippen molar-refractivity contribution in [3.63, 3.8) is 0 Å². The van der Waals surface area contributed by atoms with Gasteiger partial charge in [0.25, 0.3) is 0 Å². The fraction of sp³-hybridized carbons (Fsp3) is 0.478. The minimum Gasteiger partial charge on any atom is -0.392 e. The van der Waals surface area contributed by atoms with Crippen LogP contribution in [0.25, 0.3) is 0 Å². The van der Waals surface area contributed by atoms with Crippen molar-refractivity contribution >= 4 is 0 Å². The number of nitrogens with one attached hydrogen (secondary N) is 6. The van der Waals surface area contributed by atoms with E-state index in [-0.39, 0.29) is 60.5 Å². The average Bonchev–Trinajstić information content (AvgIpc) is 1.49. The molecule has 12 heteroatoms. The normalized spacial score (nSPS) is 23.4. The SMILES string of the molecule is CC(C)c1ccc(C(c2ccc(C(C)C)cc2)[C@H]2C[C@@H](O)CN2)cc1.CC(C)c1ccc(C(c2ccc(C(C)C)cc2)[C@H]2C[C@H](O)CN2)cc1.O[C@@H]1CN[C@@H](C(c2ccc(C3CCCCC3)cc2)c2ccc(C3CCCCC3)cc2)C1.O[C@@H]1CN[C@@H](C(c2ccccc2)c2ccccc2)C1.O[C@H]1CN[C@@H](C(c2ccc(C3CCCCC3)cc2)c2ccc(C3CCCCC3)cc2)C1.O[C@H]1CN[C@@H](C(c2ccccc2)c2ccccc2)C1. The predicted octanol–water partition coefficient (Wildman–Crippen LogP) is 27.9. The molecule has 12 nitrogen and oxygen atoms in total. The summed E-state index contributed by atoms with van der Waals surface area (Å²) in [6, 6.07) is 118. The first-order valence-electron chi connectivity index (χ1n) is 58.6. The van der Waals surface area contributed by atoms with Crippen molar-refractivity contribution in [1.82, 2.24) is 31.9 Å². The molecule has 796 valence electrons. The molecule has 22 rings (SSSR count). The molecule has 0 radical (unpaired) electrons. The van der Waals surface area contributed by atoms with Gasteiger partial charge in [-0.15, -0.1) is 0 Å². The Balaban J connectivity index is 0.000000124. The number of aliphatic hydroxyl groups is 6. The van der Waals surface area contributed by atoms with E-state index in [2.05, 4.69) is 378 Å². The molecule has 0 aromatic heterocycles. The van der Waals surface area contributed by atoms with Gasteiger partial charge in [-0.3, -0.25) is 0 Å². The van der Waals surface area contributed by atoms with Gasteiger partial charge < -0.3 is 62.5 Å². The van der Waals surface area contributed by atoms with Crippen LogP contribution in [0.1, 0.15) is 416 Å². The van der Waals surface area contributed by atoms with Gasteiger partial charge in [-0.25, -0.2) is 0 Å². The molecule has 10 fully saturated rings. The number of aliphatic hydroxyl groups excluding tert-OH is 6. The van der Waals surface area contributed by atoms with Crippen LogP contribution in [0.3, 0.4) is 0 Å². The first-order valence-corrected chi connectivity index (χ1v) is 58.6. The molecule has 12 aromatic rings. The number of benzene rings is 12. The highest BCUT2D eigenvalue weighted by atomic mass is 16.3. The van der Waals surface area contributed by atoms with E-state index < -0.39 is 0 Å². The third-order valence-electron chi connectivity index (χ3n) is 35.2. The zero-order valence-electron chi connectivity index (χ0n) is 91.3. The third-order valence-corrected chi connectivity index (χ3v) is 35.2. The van der Waals surface area contributed by atoms with Crippen LogP contribution in [-0.2, 0) is 0 Å². The second kappa shape index (κ2) is 55.8. The van der Waals surface area contributed by atoms with Crippen LogP contribution in [0.2, 0.25) is 0 Å². The van der Waals surface area contributed by atoms with Crippen molar-refractivity contribution in [2.75, 3.05) is 39.3 Å². The molecular formula is C138H178N6O6. The van der Waals surface area contributed by atoms with E-state index in [4.69, 9.17) is 0 Å². The van der Waals surface area contributed by atoms with Crippen molar-refractivity contribution in [3.05, 3.63) is 427 Å². The standard InChI is InChI=1S/2C29H39NO.2C23H31NO.2C17H19NO/c2*31-27-19-28(30-20-27)29(25-15-11-23(12-16-25)21-7-3-1-4-8-21)26-17-13-24(14-18-26)22-9-5-2-6-10-22;2*1-15(2)17-5-9-19(10-6-17)23(22-13-21(25)14-24-22)20-11-7-18(8-12-20)16(3)4;2*19-15-11-16(18-12-15)17(13-7-3-1-4-8-13)14-9-5-2-6-10-14/h2*11-18,21-22,27-31H,1-10,19-20H2;2*5-12,15-16,21-25H,13-14H2,1-4H3;2*1-10,15-19H,11-12H2/t27-,28+;27-,28-;21-,22+;21-,22-;15-,16+;15-,16-/m010101/s1. The molecule has 0 bridgehead atoms. The van der Waals surface area contributed by atoms with Gasteiger partial charge in [-0.2, -0.15) is 0 Å². The maximum absolute atomic E-state index is 10.2. The molecule has 6 saturated heterocycles. The van der Waals surface area contributed by atoms with E-state index in [1.54, 1.807) is 0 Å². The van der Waals surface area contributed by atoms with Gasteiger partial charge >= 0.3 is 0 Å². The van der Waals surface area contributed by atoms with Crippen LogP contribution in [0, 0.1) is 0 Å². The Morgan fingerprint density at radius 3 is 0.413 bits per heavy atom. The molecular weight excluding hydrogens is 1840 g/mol. The quantitative estimate of drug-likeness (QED) is 0.0246. The molecule has 0 spiro atoms. The van der Waals surface area contributed by atoms with Crippen molar-refractivity contribution in [3.8, 4) is 0 Å². The van der Waals surface area contributed by atoms with Crippen LogP contribution < -0.4 is 31.9 Å². The number of hydrogen-bond donors (Lipinski definition) is 12. The largest absolute Gasteiger partial charge is 0.392 e. The van der Waals surface area contributed by atoms with Crippen LogP contribution >= 0.6 is 0 Å². The van der Waals surface area contributed by atoms with Gasteiger partial charge in [0.2, 0.25) is 0 Å². The summed E-state index contributed by atoms with van der Waals surface area (Å²) in [5.74, 6) is 6.96. The number of β-amino-alcohol motifs (C(OH)–C–C–N with tert-alkyl or cyclic N) is 6. The van der Waals surface area contributed by atoms with Gasteiger partial charge in [0.05, 0.1) is 36.6 Å². The summed E-state index contributed by atoms with van der Waals surface area (Å²) >= 11 is 0. The van der Waals surface area contributed by atoms with Gasteiger partial charge in [0.1, 0.15) is 0 Å². The summed E-state index contributed by atoms with van der Waals surface area (Å²) < 4.78 is 0. The van der Waals surface area contributed by atoms with Crippen molar-refractivity contribution in [1.29, 1.82) is 0 Å². The van der Waals surface area contributed by atoms with Crippen molar-refractivity contribution in [2.45, 2.75) is 378 Å². The minimum atomic E-state index is -0.239. The van der Waals surface area contributed by atoms with Crippen LogP contribution in [0.5, 0.6) is 0 Å². The Hall–Kier alpha value is -9.84. The Labute approximate surface area is 900 Å². The lowest BCUT2D eigenvalue weighted by atomic mass is 9.79. The smallest absolute Gasteiger partial charge is 0.0679 e. The van der Waals surface area contributed by atoms with Gasteiger partial charge in [-0.1, -0.05) is 448 Å². The zero-order valence-corrected chi connectivity index (χ0v) is 91.3. The second-order valence-electron chi connectivity index (χ2n) is 47.2. The summed E-state index contributed by atoms with van der Waals surface area (Å²) in [6.07, 6.45) is 31.0. The summed E-state index contributed by atoms with van der Waals surface area (Å²) in [4.78, 5) is 0. The summed E-state index contributed by atoms with van der Waals surface area (Å²) in [5, 5.41) is 81.2. The van der Waals surface area contributed by atoms with E-state index in [1.165, 1.54) is 240 Å². The molecule has 12 N–H and O–H groups in total. The summed E-state index contributed by atoms with van der Waals surface area (Å²) in [7, 11) is 0. The second-order valence-corrected chi connectivity index (χ2v) is 47.2. The fourth-order valence-electron chi connectivity index (χ4n) is 26.6. The molecule has 6 heterocycles. The molecule has 6 aliphatic heterocycles. The topological polar surface area (TPSA) is 194 Å². The van der Waals surface area contributed by atoms with E-state index in [0.29, 0.717) is 111 Å². The maximum atomic E-state index is 10.2. The van der Waals surface area contributed by atoms with Crippen LogP contribution in [0.15, 0.2) is 315 Å².